The molecule has 0 bridgehead atoms. The van der Waals surface area contributed by atoms with E-state index in [1.54, 1.807) is 11.9 Å². The van der Waals surface area contributed by atoms with Crippen molar-refractivity contribution in [1.29, 1.82) is 0 Å². The Hall–Kier alpha value is -1.36. The zero-order chi connectivity index (χ0) is 14.0. The molecule has 2 aliphatic rings. The molecule has 0 radical (unpaired) electrons. The minimum atomic E-state index is -0.893. The molecule has 0 aliphatic heterocycles. The van der Waals surface area contributed by atoms with E-state index in [4.69, 9.17) is 0 Å². The lowest BCUT2D eigenvalue weighted by atomic mass is 9.80. The highest BCUT2D eigenvalue weighted by molar-refractivity contribution is 5.85. The van der Waals surface area contributed by atoms with E-state index in [1.165, 1.54) is 0 Å². The van der Waals surface area contributed by atoms with Gasteiger partial charge in [0.1, 0.15) is 0 Å². The van der Waals surface area contributed by atoms with Gasteiger partial charge in [-0.05, 0) is 31.6 Å². The van der Waals surface area contributed by atoms with Crippen LogP contribution in [0.2, 0.25) is 0 Å². The minimum Gasteiger partial charge on any atom is -0.481 e. The van der Waals surface area contributed by atoms with Gasteiger partial charge in [0.2, 0.25) is 5.91 Å². The first-order chi connectivity index (χ1) is 8.99. The second kappa shape index (κ2) is 5.74. The van der Waals surface area contributed by atoms with Crippen LogP contribution in [0.1, 0.15) is 25.7 Å². The van der Waals surface area contributed by atoms with E-state index < -0.39 is 17.8 Å². The Labute approximate surface area is 112 Å². The number of aliphatic carboxylic acids is 1. The lowest BCUT2D eigenvalue weighted by Crippen LogP contribution is -2.44. The van der Waals surface area contributed by atoms with Gasteiger partial charge in [0.15, 0.2) is 0 Å². The van der Waals surface area contributed by atoms with Crippen LogP contribution in [0.4, 0.5) is 0 Å². The Morgan fingerprint density at radius 1 is 1.21 bits per heavy atom. The molecule has 106 valence electrons. The van der Waals surface area contributed by atoms with Crippen LogP contribution in [-0.2, 0) is 9.59 Å². The van der Waals surface area contributed by atoms with Crippen molar-refractivity contribution in [2.24, 2.45) is 17.8 Å². The molecule has 1 saturated carbocycles. The molecular weight excluding hydrogens is 246 g/mol. The number of allylic oxidation sites excluding steroid dienone is 2. The van der Waals surface area contributed by atoms with Crippen molar-refractivity contribution in [2.45, 2.75) is 31.8 Å². The summed E-state index contributed by atoms with van der Waals surface area (Å²) in [5.74, 6) is -1.68. The average Bonchev–Trinajstić information content (AvgIpc) is 2.35. The maximum atomic E-state index is 12.3. The molecule has 2 aliphatic carbocycles. The number of rotatable bonds is 4. The Morgan fingerprint density at radius 3 is 2.32 bits per heavy atom. The summed E-state index contributed by atoms with van der Waals surface area (Å²) in [4.78, 5) is 25.2. The summed E-state index contributed by atoms with van der Waals surface area (Å²) in [6.45, 7) is 0.614. The highest BCUT2D eigenvalue weighted by atomic mass is 16.4. The van der Waals surface area contributed by atoms with Gasteiger partial charge in [0.05, 0.1) is 17.9 Å². The van der Waals surface area contributed by atoms with Crippen molar-refractivity contribution in [2.75, 3.05) is 13.6 Å². The number of carboxylic acid groups (broad SMARTS) is 1. The third kappa shape index (κ3) is 3.15. The lowest BCUT2D eigenvalue weighted by molar-refractivity contribution is -0.150. The molecule has 19 heavy (non-hydrogen) atoms. The van der Waals surface area contributed by atoms with Crippen LogP contribution in [0.3, 0.4) is 0 Å². The predicted molar refractivity (Wildman–Crippen MR) is 69.4 cm³/mol. The summed E-state index contributed by atoms with van der Waals surface area (Å²) in [6.07, 6.45) is 5.93. The molecule has 2 unspecified atom stereocenters. The fraction of sp³-hybridized carbons (Fsp3) is 0.714. The molecule has 1 fully saturated rings. The molecule has 0 heterocycles. The van der Waals surface area contributed by atoms with Crippen LogP contribution in [0, 0.1) is 17.8 Å². The van der Waals surface area contributed by atoms with Gasteiger partial charge in [-0.1, -0.05) is 12.2 Å². The van der Waals surface area contributed by atoms with Gasteiger partial charge >= 0.3 is 5.97 Å². The van der Waals surface area contributed by atoms with Crippen molar-refractivity contribution < 1.29 is 19.8 Å². The fourth-order valence-corrected chi connectivity index (χ4v) is 2.97. The van der Waals surface area contributed by atoms with Crippen LogP contribution in [-0.4, -0.2) is 46.7 Å². The standard InChI is InChI=1S/C14H21NO4/c1-15(8-9-6-10(16)7-9)13(17)11-4-2-3-5-12(11)14(18)19/h2-3,9-12,16H,4-8H2,1H3,(H,18,19). The monoisotopic (exact) mass is 267 g/mol. The van der Waals surface area contributed by atoms with Gasteiger partial charge in [-0.25, -0.2) is 0 Å². The Morgan fingerprint density at radius 2 is 1.79 bits per heavy atom. The van der Waals surface area contributed by atoms with Crippen LogP contribution in [0.25, 0.3) is 0 Å². The van der Waals surface area contributed by atoms with Gasteiger partial charge < -0.3 is 15.1 Å². The smallest absolute Gasteiger partial charge is 0.307 e. The van der Waals surface area contributed by atoms with Gasteiger partial charge in [-0.15, -0.1) is 0 Å². The number of hydrogen-bond donors (Lipinski definition) is 2. The summed E-state index contributed by atoms with van der Waals surface area (Å²) in [5, 5.41) is 18.4. The number of hydrogen-bond acceptors (Lipinski definition) is 3. The molecule has 0 aromatic heterocycles. The van der Waals surface area contributed by atoms with Crippen molar-refractivity contribution in [3.8, 4) is 0 Å². The molecule has 0 spiro atoms. The van der Waals surface area contributed by atoms with Crippen LogP contribution in [0.5, 0.6) is 0 Å². The average molecular weight is 267 g/mol. The maximum absolute atomic E-state index is 12.3. The van der Waals surface area contributed by atoms with E-state index in [0.717, 1.165) is 12.8 Å². The maximum Gasteiger partial charge on any atom is 0.307 e. The zero-order valence-electron chi connectivity index (χ0n) is 11.2. The van der Waals surface area contributed by atoms with Crippen molar-refractivity contribution in [1.82, 2.24) is 4.90 Å². The number of amides is 1. The lowest BCUT2D eigenvalue weighted by Gasteiger charge is -2.36. The molecular formula is C14H21NO4. The third-order valence-electron chi connectivity index (χ3n) is 4.19. The largest absolute Gasteiger partial charge is 0.481 e. The molecule has 2 rings (SSSR count). The first-order valence-corrected chi connectivity index (χ1v) is 6.80. The summed E-state index contributed by atoms with van der Waals surface area (Å²) in [7, 11) is 1.73. The molecule has 0 aromatic carbocycles. The molecule has 0 saturated heterocycles. The molecule has 0 aromatic rings. The van der Waals surface area contributed by atoms with E-state index in [1.807, 2.05) is 12.2 Å². The second-order valence-electron chi connectivity index (χ2n) is 5.70. The number of aliphatic hydroxyl groups is 1. The summed E-state index contributed by atoms with van der Waals surface area (Å²) >= 11 is 0. The second-order valence-corrected chi connectivity index (χ2v) is 5.70. The molecule has 1 amide bonds. The minimum absolute atomic E-state index is 0.0851. The van der Waals surface area contributed by atoms with Crippen LogP contribution in [0.15, 0.2) is 12.2 Å². The molecule has 2 atom stereocenters. The van der Waals surface area contributed by atoms with Crippen LogP contribution < -0.4 is 0 Å². The first-order valence-electron chi connectivity index (χ1n) is 6.80. The van der Waals surface area contributed by atoms with Crippen LogP contribution >= 0.6 is 0 Å². The number of aliphatic hydroxyl groups excluding tert-OH is 1. The van der Waals surface area contributed by atoms with Crippen molar-refractivity contribution in [3.05, 3.63) is 12.2 Å². The van der Waals surface area contributed by atoms with Gasteiger partial charge in [0, 0.05) is 13.6 Å². The quantitative estimate of drug-likeness (QED) is 0.741. The zero-order valence-corrected chi connectivity index (χ0v) is 11.2. The van der Waals surface area contributed by atoms with Gasteiger partial charge in [-0.3, -0.25) is 9.59 Å². The normalized spacial score (nSPS) is 33.6. The Balaban J connectivity index is 1.93. The number of carbonyl (C=O) groups excluding carboxylic acids is 1. The number of carbonyl (C=O) groups is 2. The van der Waals surface area contributed by atoms with E-state index in [0.29, 0.717) is 25.3 Å². The first kappa shape index (κ1) is 14.1. The third-order valence-corrected chi connectivity index (χ3v) is 4.19. The summed E-state index contributed by atoms with van der Waals surface area (Å²) in [5.41, 5.74) is 0. The Kier molecular flexibility index (Phi) is 4.24. The van der Waals surface area contributed by atoms with Crippen molar-refractivity contribution in [3.63, 3.8) is 0 Å². The van der Waals surface area contributed by atoms with E-state index in [2.05, 4.69) is 0 Å². The SMILES string of the molecule is CN(CC1CC(O)C1)C(=O)C1CC=CCC1C(=O)O. The number of carboxylic acids is 1. The number of nitrogens with zero attached hydrogens (tertiary/aromatic N) is 1. The summed E-state index contributed by atoms with van der Waals surface area (Å²) in [6, 6.07) is 0. The molecule has 5 heteroatoms. The topological polar surface area (TPSA) is 77.8 Å². The Bertz CT molecular complexity index is 387. The molecule has 2 N–H and O–H groups in total. The van der Waals surface area contributed by atoms with E-state index in [-0.39, 0.29) is 12.0 Å². The van der Waals surface area contributed by atoms with E-state index >= 15 is 0 Å². The van der Waals surface area contributed by atoms with E-state index in [9.17, 15) is 19.8 Å². The highest BCUT2D eigenvalue weighted by Crippen LogP contribution is 2.30. The van der Waals surface area contributed by atoms with Crippen molar-refractivity contribution >= 4 is 11.9 Å². The highest BCUT2D eigenvalue weighted by Gasteiger charge is 2.37. The van der Waals surface area contributed by atoms with Gasteiger partial charge in [-0.2, -0.15) is 0 Å². The summed E-state index contributed by atoms with van der Waals surface area (Å²) < 4.78 is 0. The predicted octanol–water partition coefficient (Wildman–Crippen LogP) is 0.883. The van der Waals surface area contributed by atoms with Gasteiger partial charge in [0.25, 0.3) is 0 Å². The molecule has 5 nitrogen and oxygen atoms in total. The fourth-order valence-electron chi connectivity index (χ4n) is 2.97.